The number of nitrogens with one attached hydrogen (secondary N) is 3. The molecule has 3 aromatic rings. The van der Waals surface area contributed by atoms with E-state index in [1.54, 1.807) is 18.2 Å². The van der Waals surface area contributed by atoms with Gasteiger partial charge in [0.15, 0.2) is 5.82 Å². The van der Waals surface area contributed by atoms with Crippen LogP contribution in [0.15, 0.2) is 42.6 Å². The SMILES string of the molecule is CS(=N)(=O)Cc1cc2cc(c1)OCCCNc1cc(F)ccc1-c1nc(ncc1F)N2. The standard InChI is InChI=1S/C21H21F2N5O2S/c1-31(24,29)12-13-7-15-10-16(8-13)30-6-2-5-25-19-9-14(22)3-4-17(19)20-18(23)11-26-21(27-15)28-20/h3-4,7-11,24-25H,2,5-6,12H2,1H3,(H,26,27,28). The van der Waals surface area contributed by atoms with Gasteiger partial charge in [-0.3, -0.25) is 4.78 Å². The largest absolute Gasteiger partial charge is 0.493 e. The lowest BCUT2D eigenvalue weighted by molar-refractivity contribution is 0.315. The van der Waals surface area contributed by atoms with E-state index in [0.29, 0.717) is 47.8 Å². The second-order valence-electron chi connectivity index (χ2n) is 7.35. The highest BCUT2D eigenvalue weighted by Gasteiger charge is 2.16. The van der Waals surface area contributed by atoms with Crippen molar-refractivity contribution in [2.45, 2.75) is 12.2 Å². The van der Waals surface area contributed by atoms with Crippen LogP contribution < -0.4 is 15.4 Å². The normalized spacial score (nSPS) is 15.3. The van der Waals surface area contributed by atoms with E-state index in [1.807, 2.05) is 0 Å². The van der Waals surface area contributed by atoms with Crippen LogP contribution in [0.5, 0.6) is 5.75 Å². The second kappa shape index (κ2) is 8.46. The maximum Gasteiger partial charge on any atom is 0.227 e. The van der Waals surface area contributed by atoms with Crippen molar-refractivity contribution in [3.63, 3.8) is 0 Å². The molecular weight excluding hydrogens is 424 g/mol. The van der Waals surface area contributed by atoms with E-state index >= 15 is 0 Å². The Balaban J connectivity index is 1.80. The first-order valence-corrected chi connectivity index (χ1v) is 11.7. The van der Waals surface area contributed by atoms with Crippen molar-refractivity contribution >= 4 is 27.1 Å². The van der Waals surface area contributed by atoms with Crippen molar-refractivity contribution in [1.82, 2.24) is 9.97 Å². The molecule has 0 fully saturated rings. The van der Waals surface area contributed by atoms with Gasteiger partial charge >= 0.3 is 0 Å². The number of hydrogen-bond donors (Lipinski definition) is 3. The molecule has 10 heteroatoms. The van der Waals surface area contributed by atoms with Gasteiger partial charge in [0.1, 0.15) is 17.3 Å². The number of halogens is 2. The van der Waals surface area contributed by atoms with Crippen LogP contribution in [-0.4, -0.2) is 33.6 Å². The minimum absolute atomic E-state index is 0.0347. The predicted octanol–water partition coefficient (Wildman–Crippen LogP) is 4.54. The van der Waals surface area contributed by atoms with E-state index in [9.17, 15) is 13.0 Å². The zero-order valence-electron chi connectivity index (χ0n) is 16.7. The van der Waals surface area contributed by atoms with Crippen molar-refractivity contribution < 1.29 is 17.7 Å². The quantitative estimate of drug-likeness (QED) is 0.536. The molecule has 0 aliphatic carbocycles. The van der Waals surface area contributed by atoms with Gasteiger partial charge < -0.3 is 15.4 Å². The molecular formula is C21H21F2N5O2S. The van der Waals surface area contributed by atoms with E-state index in [2.05, 4.69) is 20.6 Å². The van der Waals surface area contributed by atoms with E-state index in [-0.39, 0.29) is 17.4 Å². The zero-order valence-corrected chi connectivity index (χ0v) is 17.6. The van der Waals surface area contributed by atoms with Crippen LogP contribution >= 0.6 is 0 Å². The van der Waals surface area contributed by atoms with Crippen LogP contribution in [0.2, 0.25) is 0 Å². The highest BCUT2D eigenvalue weighted by atomic mass is 32.2. The van der Waals surface area contributed by atoms with E-state index in [0.717, 1.165) is 6.20 Å². The zero-order chi connectivity index (χ0) is 22.0. The van der Waals surface area contributed by atoms with Crippen LogP contribution in [0, 0.1) is 16.4 Å². The number of aromatic nitrogens is 2. The number of anilines is 3. The summed E-state index contributed by atoms with van der Waals surface area (Å²) in [6.07, 6.45) is 3.03. The molecule has 31 heavy (non-hydrogen) atoms. The topological polar surface area (TPSA) is 100.0 Å². The van der Waals surface area contributed by atoms with Crippen LogP contribution in [-0.2, 0) is 15.5 Å². The van der Waals surface area contributed by atoms with Crippen molar-refractivity contribution in [2.75, 3.05) is 30.0 Å². The third kappa shape index (κ3) is 5.26. The summed E-state index contributed by atoms with van der Waals surface area (Å²) in [5, 5.41) is 6.13. The third-order valence-corrected chi connectivity index (χ3v) is 5.43. The number of fused-ring (bicyclic) bond motifs is 6. The Kier molecular flexibility index (Phi) is 5.73. The van der Waals surface area contributed by atoms with Crippen LogP contribution in [0.4, 0.5) is 26.1 Å². The van der Waals surface area contributed by atoms with Crippen molar-refractivity contribution in [2.24, 2.45) is 0 Å². The summed E-state index contributed by atoms with van der Waals surface area (Å²) in [4.78, 5) is 8.29. The Hall–Kier alpha value is -3.27. The van der Waals surface area contributed by atoms with E-state index < -0.39 is 21.4 Å². The van der Waals surface area contributed by atoms with Crippen LogP contribution in [0.1, 0.15) is 12.0 Å². The first kappa shape index (κ1) is 21.0. The Morgan fingerprint density at radius 2 is 2.06 bits per heavy atom. The minimum atomic E-state index is -2.76. The first-order valence-electron chi connectivity index (χ1n) is 9.58. The number of ether oxygens (including phenoxy) is 1. The predicted molar refractivity (Wildman–Crippen MR) is 116 cm³/mol. The highest BCUT2D eigenvalue weighted by Crippen LogP contribution is 2.31. The average Bonchev–Trinajstić information content (AvgIpc) is 2.67. The van der Waals surface area contributed by atoms with Gasteiger partial charge in [0.2, 0.25) is 5.95 Å². The van der Waals surface area contributed by atoms with Gasteiger partial charge in [-0.05, 0) is 42.3 Å². The minimum Gasteiger partial charge on any atom is -0.493 e. The number of nitrogens with zero attached hydrogens (tertiary/aromatic N) is 2. The summed E-state index contributed by atoms with van der Waals surface area (Å²) < 4.78 is 53.9. The van der Waals surface area contributed by atoms with E-state index in [4.69, 9.17) is 9.52 Å². The maximum atomic E-state index is 14.6. The summed E-state index contributed by atoms with van der Waals surface area (Å²) in [5.41, 5.74) is 2.10. The van der Waals surface area contributed by atoms with Gasteiger partial charge in [0.25, 0.3) is 0 Å². The molecule has 0 saturated heterocycles. The van der Waals surface area contributed by atoms with E-state index in [1.165, 1.54) is 24.5 Å². The summed E-state index contributed by atoms with van der Waals surface area (Å²) in [7, 11) is -2.76. The average molecular weight is 445 g/mol. The van der Waals surface area contributed by atoms with Crippen molar-refractivity contribution in [3.05, 3.63) is 59.8 Å². The molecule has 0 amide bonds. The summed E-state index contributed by atoms with van der Waals surface area (Å²) in [6, 6.07) is 9.23. The molecule has 2 aromatic carbocycles. The number of rotatable bonds is 2. The van der Waals surface area contributed by atoms with Gasteiger partial charge in [0, 0.05) is 45.5 Å². The molecule has 162 valence electrons. The van der Waals surface area contributed by atoms with Gasteiger partial charge in [-0.1, -0.05) is 0 Å². The fraction of sp³-hybridized carbons (Fsp3) is 0.238. The van der Waals surface area contributed by atoms with Gasteiger partial charge in [-0.2, -0.15) is 0 Å². The molecule has 1 aliphatic heterocycles. The lowest BCUT2D eigenvalue weighted by atomic mass is 10.1. The molecule has 2 heterocycles. The monoisotopic (exact) mass is 445 g/mol. The smallest absolute Gasteiger partial charge is 0.227 e. The third-order valence-electron chi connectivity index (χ3n) is 4.55. The Morgan fingerprint density at radius 3 is 2.87 bits per heavy atom. The van der Waals surface area contributed by atoms with Gasteiger partial charge in [0.05, 0.1) is 18.6 Å². The molecule has 1 unspecified atom stereocenters. The Bertz CT molecular complexity index is 1230. The lowest BCUT2D eigenvalue weighted by Crippen LogP contribution is -2.10. The molecule has 1 aliphatic rings. The summed E-state index contributed by atoms with van der Waals surface area (Å²) >= 11 is 0. The fourth-order valence-electron chi connectivity index (χ4n) is 3.32. The molecule has 7 nitrogen and oxygen atoms in total. The fourth-order valence-corrected chi connectivity index (χ4v) is 4.12. The van der Waals surface area contributed by atoms with Crippen LogP contribution in [0.3, 0.4) is 0 Å². The molecule has 3 N–H and O–H groups in total. The molecule has 4 bridgehead atoms. The van der Waals surface area contributed by atoms with Crippen molar-refractivity contribution in [3.8, 4) is 17.0 Å². The molecule has 0 spiro atoms. The van der Waals surface area contributed by atoms with Gasteiger partial charge in [-0.15, -0.1) is 0 Å². The summed E-state index contributed by atoms with van der Waals surface area (Å²) in [6.45, 7) is 0.843. The summed E-state index contributed by atoms with van der Waals surface area (Å²) in [5.74, 6) is -0.343. The maximum absolute atomic E-state index is 14.6. The van der Waals surface area contributed by atoms with Gasteiger partial charge in [-0.25, -0.2) is 23.0 Å². The highest BCUT2D eigenvalue weighted by molar-refractivity contribution is 7.90. The van der Waals surface area contributed by atoms with Crippen LogP contribution in [0.25, 0.3) is 11.3 Å². The lowest BCUT2D eigenvalue weighted by Gasteiger charge is -2.16. The number of benzene rings is 2. The molecule has 1 aromatic heterocycles. The first-order chi connectivity index (χ1) is 14.8. The number of hydrogen-bond acceptors (Lipinski definition) is 7. The Morgan fingerprint density at radius 1 is 1.23 bits per heavy atom. The molecule has 0 radical (unpaired) electrons. The molecule has 1 atom stereocenters. The second-order valence-corrected chi connectivity index (χ2v) is 9.65. The Labute approximate surface area is 178 Å². The molecule has 0 saturated carbocycles. The van der Waals surface area contributed by atoms with Crippen molar-refractivity contribution in [1.29, 1.82) is 4.78 Å². The molecule has 4 rings (SSSR count).